The molecule has 0 saturated carbocycles. The largest absolute Gasteiger partial charge is 0.305 e. The standard InChI is InChI=1S/C21H22N2O4S/c1-14-12-16-6-4-5-7-18(16)22(14)19(24)15-8-10-17(11-9-15)23-20(25)21(2,3)13-28(23,26)27/h4-11,14H,12-13H2,1-3H3. The Balaban J connectivity index is 1.64. The summed E-state index contributed by atoms with van der Waals surface area (Å²) in [6.45, 7) is 5.25. The van der Waals surface area contributed by atoms with Crippen LogP contribution in [0.25, 0.3) is 0 Å². The van der Waals surface area contributed by atoms with E-state index in [2.05, 4.69) is 0 Å². The molecule has 0 bridgehead atoms. The highest BCUT2D eigenvalue weighted by Crippen LogP contribution is 2.36. The van der Waals surface area contributed by atoms with Crippen LogP contribution in [0.4, 0.5) is 11.4 Å². The van der Waals surface area contributed by atoms with Gasteiger partial charge in [-0.15, -0.1) is 0 Å². The van der Waals surface area contributed by atoms with E-state index in [-0.39, 0.29) is 23.4 Å². The van der Waals surface area contributed by atoms with Crippen LogP contribution >= 0.6 is 0 Å². The minimum atomic E-state index is -3.71. The first-order valence-corrected chi connectivity index (χ1v) is 10.8. The van der Waals surface area contributed by atoms with E-state index >= 15 is 0 Å². The highest BCUT2D eigenvalue weighted by molar-refractivity contribution is 7.94. The average Bonchev–Trinajstić information content (AvgIpc) is 3.04. The van der Waals surface area contributed by atoms with Gasteiger partial charge in [0, 0.05) is 17.3 Å². The summed E-state index contributed by atoms with van der Waals surface area (Å²) < 4.78 is 25.7. The van der Waals surface area contributed by atoms with E-state index in [0.717, 1.165) is 22.0 Å². The van der Waals surface area contributed by atoms with Crippen LogP contribution in [-0.4, -0.2) is 32.0 Å². The molecule has 2 aromatic rings. The summed E-state index contributed by atoms with van der Waals surface area (Å²) in [5.74, 6) is -0.810. The molecule has 1 atom stereocenters. The van der Waals surface area contributed by atoms with Crippen molar-refractivity contribution in [3.63, 3.8) is 0 Å². The van der Waals surface area contributed by atoms with Crippen LogP contribution < -0.4 is 9.21 Å². The molecular formula is C21H22N2O4S. The zero-order valence-electron chi connectivity index (χ0n) is 16.0. The summed E-state index contributed by atoms with van der Waals surface area (Å²) >= 11 is 0. The fraction of sp³-hybridized carbons (Fsp3) is 0.333. The van der Waals surface area contributed by atoms with Gasteiger partial charge in [-0.3, -0.25) is 9.59 Å². The van der Waals surface area contributed by atoms with Gasteiger partial charge in [0.25, 0.3) is 5.91 Å². The number of carbonyl (C=O) groups excluding carboxylic acids is 2. The molecule has 2 heterocycles. The van der Waals surface area contributed by atoms with Gasteiger partial charge >= 0.3 is 0 Å². The zero-order chi connectivity index (χ0) is 20.3. The number of anilines is 2. The summed E-state index contributed by atoms with van der Waals surface area (Å²) in [6.07, 6.45) is 0.801. The SMILES string of the molecule is CC1Cc2ccccc2N1C(=O)c1ccc(N2C(=O)C(C)(C)CS2(=O)=O)cc1. The smallest absolute Gasteiger partial charge is 0.258 e. The lowest BCUT2D eigenvalue weighted by Crippen LogP contribution is -2.36. The van der Waals surface area contributed by atoms with E-state index < -0.39 is 21.3 Å². The molecule has 1 fully saturated rings. The molecule has 2 aliphatic heterocycles. The third kappa shape index (κ3) is 2.81. The van der Waals surface area contributed by atoms with Crippen molar-refractivity contribution in [1.29, 1.82) is 0 Å². The minimum Gasteiger partial charge on any atom is -0.305 e. The lowest BCUT2D eigenvalue weighted by Gasteiger charge is -2.23. The Hall–Kier alpha value is -2.67. The van der Waals surface area contributed by atoms with E-state index in [1.54, 1.807) is 30.9 Å². The van der Waals surface area contributed by atoms with Crippen molar-refractivity contribution in [2.24, 2.45) is 5.41 Å². The Morgan fingerprint density at radius 1 is 1.07 bits per heavy atom. The quantitative estimate of drug-likeness (QED) is 0.779. The predicted molar refractivity (Wildman–Crippen MR) is 108 cm³/mol. The summed E-state index contributed by atoms with van der Waals surface area (Å²) in [5.41, 5.74) is 1.80. The van der Waals surface area contributed by atoms with Gasteiger partial charge < -0.3 is 4.90 Å². The number of sulfonamides is 1. The molecule has 0 spiro atoms. The van der Waals surface area contributed by atoms with Crippen molar-refractivity contribution < 1.29 is 18.0 Å². The Kier molecular flexibility index (Phi) is 4.12. The molecule has 4 rings (SSSR count). The number of rotatable bonds is 2. The number of benzene rings is 2. The molecule has 0 radical (unpaired) electrons. The van der Waals surface area contributed by atoms with Gasteiger partial charge in [0.05, 0.1) is 16.9 Å². The Morgan fingerprint density at radius 3 is 2.32 bits per heavy atom. The number of fused-ring (bicyclic) bond motifs is 1. The van der Waals surface area contributed by atoms with E-state index in [1.165, 1.54) is 12.1 Å². The first kappa shape index (κ1) is 18.7. The van der Waals surface area contributed by atoms with Crippen molar-refractivity contribution in [1.82, 2.24) is 0 Å². The van der Waals surface area contributed by atoms with Crippen molar-refractivity contribution >= 4 is 33.2 Å². The molecule has 28 heavy (non-hydrogen) atoms. The Bertz CT molecular complexity index is 1070. The van der Waals surface area contributed by atoms with Crippen molar-refractivity contribution in [3.05, 3.63) is 59.7 Å². The second-order valence-corrected chi connectivity index (χ2v) is 9.93. The maximum Gasteiger partial charge on any atom is 0.258 e. The first-order valence-electron chi connectivity index (χ1n) is 9.21. The van der Waals surface area contributed by atoms with Crippen LogP contribution in [0.2, 0.25) is 0 Å². The van der Waals surface area contributed by atoms with Gasteiger partial charge in [0.2, 0.25) is 15.9 Å². The zero-order valence-corrected chi connectivity index (χ0v) is 16.9. The van der Waals surface area contributed by atoms with Crippen LogP contribution in [0.5, 0.6) is 0 Å². The highest BCUT2D eigenvalue weighted by atomic mass is 32.2. The van der Waals surface area contributed by atoms with Gasteiger partial charge in [0.15, 0.2) is 0 Å². The van der Waals surface area contributed by atoms with Crippen LogP contribution in [0, 0.1) is 5.41 Å². The fourth-order valence-corrected chi connectivity index (χ4v) is 6.12. The van der Waals surface area contributed by atoms with Gasteiger partial charge in [-0.25, -0.2) is 12.7 Å². The van der Waals surface area contributed by atoms with E-state index in [4.69, 9.17) is 0 Å². The number of nitrogens with zero attached hydrogens (tertiary/aromatic N) is 2. The minimum absolute atomic E-state index is 0.0471. The number of hydrogen-bond acceptors (Lipinski definition) is 4. The van der Waals surface area contributed by atoms with E-state index in [9.17, 15) is 18.0 Å². The maximum absolute atomic E-state index is 13.1. The third-order valence-electron chi connectivity index (χ3n) is 5.36. The number of amides is 2. The summed E-state index contributed by atoms with van der Waals surface area (Å²) in [7, 11) is -3.71. The first-order chi connectivity index (χ1) is 13.1. The second-order valence-electron chi connectivity index (χ2n) is 8.11. The number of hydrogen-bond donors (Lipinski definition) is 0. The molecule has 2 aromatic carbocycles. The second kappa shape index (κ2) is 6.17. The maximum atomic E-state index is 13.1. The van der Waals surface area contributed by atoms with Crippen LogP contribution in [0.3, 0.4) is 0 Å². The Labute approximate surface area is 164 Å². The number of para-hydroxylation sites is 1. The monoisotopic (exact) mass is 398 g/mol. The molecule has 146 valence electrons. The van der Waals surface area contributed by atoms with Crippen molar-refractivity contribution in [3.8, 4) is 0 Å². The topological polar surface area (TPSA) is 74.8 Å². The van der Waals surface area contributed by atoms with Crippen molar-refractivity contribution in [2.45, 2.75) is 33.2 Å². The molecule has 0 N–H and O–H groups in total. The van der Waals surface area contributed by atoms with Crippen LogP contribution in [0.1, 0.15) is 36.7 Å². The van der Waals surface area contributed by atoms with Gasteiger partial charge in [-0.05, 0) is 63.1 Å². The molecule has 0 aromatic heterocycles. The molecule has 1 unspecified atom stereocenters. The molecule has 2 aliphatic rings. The van der Waals surface area contributed by atoms with Gasteiger partial charge in [0.1, 0.15) is 0 Å². The average molecular weight is 398 g/mol. The Morgan fingerprint density at radius 2 is 1.71 bits per heavy atom. The normalized spacial score (nSPS) is 22.4. The highest BCUT2D eigenvalue weighted by Gasteiger charge is 2.49. The van der Waals surface area contributed by atoms with E-state index in [0.29, 0.717) is 5.56 Å². The summed E-state index contributed by atoms with van der Waals surface area (Å²) in [4.78, 5) is 27.4. The fourth-order valence-electron chi connectivity index (χ4n) is 4.01. The third-order valence-corrected chi connectivity index (χ3v) is 7.38. The molecule has 6 nitrogen and oxygen atoms in total. The van der Waals surface area contributed by atoms with Crippen LogP contribution in [0.15, 0.2) is 48.5 Å². The lowest BCUT2D eigenvalue weighted by atomic mass is 9.95. The summed E-state index contributed by atoms with van der Waals surface area (Å²) in [5, 5.41) is 0. The van der Waals surface area contributed by atoms with Crippen LogP contribution in [-0.2, 0) is 21.2 Å². The number of carbonyl (C=O) groups is 2. The molecule has 1 saturated heterocycles. The summed E-state index contributed by atoms with van der Waals surface area (Å²) in [6, 6.07) is 14.1. The predicted octanol–water partition coefficient (Wildman–Crippen LogP) is 2.98. The molecule has 0 aliphatic carbocycles. The van der Waals surface area contributed by atoms with Gasteiger partial charge in [-0.2, -0.15) is 0 Å². The molecular weight excluding hydrogens is 376 g/mol. The molecule has 7 heteroatoms. The molecule has 2 amide bonds. The lowest BCUT2D eigenvalue weighted by molar-refractivity contribution is -0.123. The van der Waals surface area contributed by atoms with Crippen molar-refractivity contribution in [2.75, 3.05) is 15.0 Å². The van der Waals surface area contributed by atoms with Gasteiger partial charge in [-0.1, -0.05) is 18.2 Å². The van der Waals surface area contributed by atoms with E-state index in [1.807, 2.05) is 31.2 Å².